The van der Waals surface area contributed by atoms with Crippen LogP contribution in [0.25, 0.3) is 0 Å². The first kappa shape index (κ1) is 30.8. The number of nitrogens with one attached hydrogen (secondary N) is 2. The fraction of sp³-hybridized carbons (Fsp3) is 0.500. The maximum atomic E-state index is 13.5. The van der Waals surface area contributed by atoms with Crippen molar-refractivity contribution in [2.24, 2.45) is 53.3 Å². The first-order valence-electron chi connectivity index (χ1n) is 16.2. The molecule has 6 aliphatic rings. The number of hydroxylamine groups is 4. The van der Waals surface area contributed by atoms with Gasteiger partial charge >= 0.3 is 18.0 Å². The number of carbonyl (C=O) groups is 7. The van der Waals surface area contributed by atoms with Crippen LogP contribution in [0.4, 0.5) is 4.79 Å². The summed E-state index contributed by atoms with van der Waals surface area (Å²) in [5.41, 5.74) is 0.658. The van der Waals surface area contributed by atoms with Crippen molar-refractivity contribution in [2.45, 2.75) is 51.6 Å². The summed E-state index contributed by atoms with van der Waals surface area (Å²) in [5, 5.41) is 6.10. The first-order chi connectivity index (χ1) is 22.5. The van der Waals surface area contributed by atoms with Crippen molar-refractivity contribution >= 4 is 41.6 Å². The fourth-order valence-electron chi connectivity index (χ4n) is 8.32. The molecule has 10 atom stereocenters. The lowest BCUT2D eigenvalue weighted by molar-refractivity contribution is -0.201. The molecule has 4 fully saturated rings. The van der Waals surface area contributed by atoms with Gasteiger partial charge in [-0.15, -0.1) is 10.1 Å². The molecule has 8 unspecified atom stereocenters. The van der Waals surface area contributed by atoms with Gasteiger partial charge in [-0.3, -0.25) is 19.2 Å². The molecule has 0 spiro atoms. The summed E-state index contributed by atoms with van der Waals surface area (Å²) >= 11 is 0. The maximum absolute atomic E-state index is 13.5. The summed E-state index contributed by atoms with van der Waals surface area (Å²) in [6.07, 6.45) is 9.19. The van der Waals surface area contributed by atoms with Gasteiger partial charge in [0.1, 0.15) is 12.1 Å². The van der Waals surface area contributed by atoms with E-state index in [0.717, 1.165) is 6.42 Å². The Morgan fingerprint density at radius 2 is 1.09 bits per heavy atom. The van der Waals surface area contributed by atoms with Crippen LogP contribution in [0, 0.1) is 53.3 Å². The third kappa shape index (κ3) is 5.31. The molecule has 2 saturated carbocycles. The molecule has 13 heteroatoms. The van der Waals surface area contributed by atoms with Gasteiger partial charge in [-0.05, 0) is 54.4 Å². The molecule has 2 saturated heterocycles. The Balaban J connectivity index is 1.03. The number of nitrogens with zero attached hydrogens (tertiary/aromatic N) is 2. The predicted octanol–water partition coefficient (Wildman–Crippen LogP) is 1.84. The number of urea groups is 1. The van der Waals surface area contributed by atoms with E-state index in [1.165, 1.54) is 0 Å². The molecule has 2 N–H and O–H groups in total. The molecule has 0 radical (unpaired) electrons. The van der Waals surface area contributed by atoms with Crippen molar-refractivity contribution in [3.8, 4) is 0 Å². The van der Waals surface area contributed by atoms with Gasteiger partial charge in [0.15, 0.2) is 0 Å². The lowest BCUT2D eigenvalue weighted by Gasteiger charge is -2.24. The zero-order chi connectivity index (χ0) is 33.1. The Morgan fingerprint density at radius 3 is 1.51 bits per heavy atom. The van der Waals surface area contributed by atoms with Crippen molar-refractivity contribution in [1.82, 2.24) is 20.8 Å². The number of allylic oxidation sites excluding steroid dienone is 4. The van der Waals surface area contributed by atoms with Crippen LogP contribution in [0.1, 0.15) is 38.7 Å². The Bertz CT molecular complexity index is 1550. The number of carbonyl (C=O) groups excluding carboxylic acids is 7. The normalized spacial score (nSPS) is 32.2. The van der Waals surface area contributed by atoms with E-state index in [4.69, 9.17) is 9.68 Å². The van der Waals surface area contributed by atoms with Crippen LogP contribution in [0.5, 0.6) is 0 Å². The first-order valence-corrected chi connectivity index (χ1v) is 16.2. The van der Waals surface area contributed by atoms with Crippen molar-refractivity contribution in [3.63, 3.8) is 0 Å². The monoisotopic (exact) mass is 644 g/mol. The SMILES string of the molecule is CC(C)C[C@H](NC(=O)N[C@H](Cc1ccccc1)C(=O)ON1C(=O)C2C3C=CC(C3)C2C1=O)C(=O)ON1C(=O)C2C3C=CC(C3)C2C1=O. The summed E-state index contributed by atoms with van der Waals surface area (Å²) in [5.74, 6) is -6.99. The van der Waals surface area contributed by atoms with Crippen molar-refractivity contribution in [1.29, 1.82) is 0 Å². The smallest absolute Gasteiger partial charge is 0.328 e. The van der Waals surface area contributed by atoms with E-state index in [1.54, 1.807) is 30.3 Å². The fourth-order valence-corrected chi connectivity index (χ4v) is 8.32. The molecule has 2 heterocycles. The molecule has 1 aromatic rings. The topological polar surface area (TPSA) is 168 Å². The van der Waals surface area contributed by atoms with Crippen LogP contribution in [-0.2, 0) is 44.9 Å². The highest BCUT2D eigenvalue weighted by molar-refractivity contribution is 6.07. The molecule has 47 heavy (non-hydrogen) atoms. The molecule has 0 aromatic heterocycles. The minimum absolute atomic E-state index is 0.0435. The van der Waals surface area contributed by atoms with E-state index in [0.29, 0.717) is 22.1 Å². The lowest BCUT2D eigenvalue weighted by atomic mass is 9.85. The van der Waals surface area contributed by atoms with Gasteiger partial charge in [0.2, 0.25) is 0 Å². The number of imide groups is 2. The van der Waals surface area contributed by atoms with Gasteiger partial charge in [0, 0.05) is 6.42 Å². The number of hydrogen-bond donors (Lipinski definition) is 2. The third-order valence-corrected chi connectivity index (χ3v) is 10.4. The van der Waals surface area contributed by atoms with Gasteiger partial charge in [-0.1, -0.05) is 68.5 Å². The minimum atomic E-state index is -1.35. The molecule has 6 amide bonds. The second kappa shape index (κ2) is 11.8. The van der Waals surface area contributed by atoms with E-state index in [9.17, 15) is 33.6 Å². The van der Waals surface area contributed by atoms with Crippen LogP contribution in [0.2, 0.25) is 0 Å². The van der Waals surface area contributed by atoms with Gasteiger partial charge in [0.05, 0.1) is 23.7 Å². The standard InChI is InChI=1S/C34H36N4O9/c1-16(2)12-22(32(43)46-37-28(39)24-18-8-9-19(14-18)25(24)29(37)40)35-34(45)36-23(13-17-6-4-3-5-7-17)33(44)47-38-30(41)26-20-10-11-21(15-20)27(26)31(38)42/h3-11,16,18-27H,12-15H2,1-2H3,(H2,35,36,45)/t18?,19?,20?,21?,22-,23+,24?,25?,26?,27?/m0/s1. The largest absolute Gasteiger partial charge is 0.355 e. The second-order valence-electron chi connectivity index (χ2n) is 13.8. The Kier molecular flexibility index (Phi) is 7.72. The maximum Gasteiger partial charge on any atom is 0.355 e. The molecule has 246 valence electrons. The summed E-state index contributed by atoms with van der Waals surface area (Å²) in [6.45, 7) is 3.63. The number of benzene rings is 1. The molecule has 4 bridgehead atoms. The second-order valence-corrected chi connectivity index (χ2v) is 13.8. The highest BCUT2D eigenvalue weighted by Gasteiger charge is 2.62. The van der Waals surface area contributed by atoms with E-state index >= 15 is 0 Å². The highest BCUT2D eigenvalue weighted by Crippen LogP contribution is 2.53. The Hall–Kier alpha value is -4.81. The molecule has 4 aliphatic carbocycles. The number of rotatable bonds is 10. The van der Waals surface area contributed by atoms with Crippen molar-refractivity contribution in [2.75, 3.05) is 0 Å². The summed E-state index contributed by atoms with van der Waals surface area (Å²) in [7, 11) is 0. The van der Waals surface area contributed by atoms with Crippen LogP contribution < -0.4 is 10.6 Å². The minimum Gasteiger partial charge on any atom is -0.328 e. The zero-order valence-electron chi connectivity index (χ0n) is 25.9. The van der Waals surface area contributed by atoms with Gasteiger partial charge < -0.3 is 20.3 Å². The zero-order valence-corrected chi connectivity index (χ0v) is 25.9. The van der Waals surface area contributed by atoms with Gasteiger partial charge in [-0.2, -0.15) is 0 Å². The van der Waals surface area contributed by atoms with Crippen LogP contribution in [-0.4, -0.2) is 63.8 Å². The summed E-state index contributed by atoms with van der Waals surface area (Å²) in [4.78, 5) is 103. The average molecular weight is 645 g/mol. The van der Waals surface area contributed by atoms with Gasteiger partial charge in [-0.25, -0.2) is 14.4 Å². The summed E-state index contributed by atoms with van der Waals surface area (Å²) < 4.78 is 0. The van der Waals surface area contributed by atoms with Crippen molar-refractivity contribution < 1.29 is 43.2 Å². The molecule has 1 aromatic carbocycles. The number of amides is 6. The van der Waals surface area contributed by atoms with Crippen molar-refractivity contribution in [3.05, 3.63) is 60.2 Å². The molecule has 13 nitrogen and oxygen atoms in total. The van der Waals surface area contributed by atoms with E-state index in [-0.39, 0.29) is 42.4 Å². The van der Waals surface area contributed by atoms with E-state index in [2.05, 4.69) is 10.6 Å². The Labute approximate surface area is 270 Å². The lowest BCUT2D eigenvalue weighted by Crippen LogP contribution is -2.54. The molecule has 2 aliphatic heterocycles. The quantitative estimate of drug-likeness (QED) is 0.285. The predicted molar refractivity (Wildman–Crippen MR) is 160 cm³/mol. The highest BCUT2D eigenvalue weighted by atomic mass is 16.7. The Morgan fingerprint density at radius 1 is 0.681 bits per heavy atom. The molecule has 7 rings (SSSR count). The number of hydrogen-bond acceptors (Lipinski definition) is 9. The third-order valence-electron chi connectivity index (χ3n) is 10.4. The van der Waals surface area contributed by atoms with E-state index < -0.39 is 77.4 Å². The van der Waals surface area contributed by atoms with Crippen LogP contribution in [0.15, 0.2) is 54.6 Å². The van der Waals surface area contributed by atoms with E-state index in [1.807, 2.05) is 38.2 Å². The average Bonchev–Trinajstić information content (AvgIpc) is 3.89. The molecular weight excluding hydrogens is 608 g/mol. The summed E-state index contributed by atoms with van der Waals surface area (Å²) in [6, 6.07) is 5.20. The van der Waals surface area contributed by atoms with Crippen LogP contribution in [0.3, 0.4) is 0 Å². The molecular formula is C34H36N4O9. The number of fused-ring (bicyclic) bond motifs is 10. The van der Waals surface area contributed by atoms with Gasteiger partial charge in [0.25, 0.3) is 23.6 Å². The van der Waals surface area contributed by atoms with Crippen LogP contribution >= 0.6 is 0 Å².